The molecule has 0 aliphatic carbocycles. The second-order valence-electron chi connectivity index (χ2n) is 5.55. The molecule has 0 aliphatic heterocycles. The molecule has 1 heterocycles. The molecule has 2 aromatic carbocycles. The van der Waals surface area contributed by atoms with Gasteiger partial charge in [-0.15, -0.1) is 0 Å². The van der Waals surface area contributed by atoms with Crippen LogP contribution in [0.1, 0.15) is 33.3 Å². The number of Topliss-reactive ketones (excluding diaryl/α,β-unsaturated/α-hetero) is 1. The Bertz CT molecular complexity index is 829. The first-order valence-corrected chi connectivity index (χ1v) is 7.44. The summed E-state index contributed by atoms with van der Waals surface area (Å²) in [5.74, 6) is -0.747. The number of ether oxygens (including phenoxy) is 1. The van der Waals surface area contributed by atoms with Crippen LogP contribution in [0.2, 0.25) is 0 Å². The summed E-state index contributed by atoms with van der Waals surface area (Å²) >= 11 is 0. The lowest BCUT2D eigenvalue weighted by Gasteiger charge is -2.11. The van der Waals surface area contributed by atoms with Crippen molar-refractivity contribution in [2.45, 2.75) is 20.0 Å². The lowest BCUT2D eigenvalue weighted by molar-refractivity contribution is 0.0314. The molecule has 3 rings (SSSR count). The highest BCUT2D eigenvalue weighted by atomic mass is 16.5. The summed E-state index contributed by atoms with van der Waals surface area (Å²) in [6.07, 6.45) is -0.836. The van der Waals surface area contributed by atoms with Crippen molar-refractivity contribution in [1.29, 1.82) is 0 Å². The summed E-state index contributed by atoms with van der Waals surface area (Å²) in [4.78, 5) is 27.5. The average molecular weight is 307 g/mol. The summed E-state index contributed by atoms with van der Waals surface area (Å²) in [7, 11) is 0. The SMILES string of the molecule is Cc1ccc(C(=O)[C@H](C)OC(=O)c2cc3ccccc3[nH]2)cc1. The third-order valence-corrected chi connectivity index (χ3v) is 3.74. The highest BCUT2D eigenvalue weighted by Gasteiger charge is 2.21. The molecule has 1 N–H and O–H groups in total. The fourth-order valence-corrected chi connectivity index (χ4v) is 2.41. The number of hydrogen-bond donors (Lipinski definition) is 1. The molecule has 0 unspecified atom stereocenters. The average Bonchev–Trinajstić information content (AvgIpc) is 2.99. The quantitative estimate of drug-likeness (QED) is 0.587. The van der Waals surface area contributed by atoms with Crippen LogP contribution in [0.5, 0.6) is 0 Å². The van der Waals surface area contributed by atoms with Gasteiger partial charge in [0.15, 0.2) is 6.10 Å². The Balaban J connectivity index is 1.73. The van der Waals surface area contributed by atoms with Crippen LogP contribution in [0.25, 0.3) is 10.9 Å². The Morgan fingerprint density at radius 2 is 1.74 bits per heavy atom. The van der Waals surface area contributed by atoms with Gasteiger partial charge in [0, 0.05) is 16.5 Å². The van der Waals surface area contributed by atoms with Gasteiger partial charge in [0.25, 0.3) is 0 Å². The van der Waals surface area contributed by atoms with Gasteiger partial charge in [0.2, 0.25) is 5.78 Å². The van der Waals surface area contributed by atoms with Crippen molar-refractivity contribution >= 4 is 22.7 Å². The Hall–Kier alpha value is -2.88. The fourth-order valence-electron chi connectivity index (χ4n) is 2.41. The van der Waals surface area contributed by atoms with Crippen LogP contribution in [0, 0.1) is 6.92 Å². The van der Waals surface area contributed by atoms with Crippen molar-refractivity contribution in [3.8, 4) is 0 Å². The zero-order valence-electron chi connectivity index (χ0n) is 13.0. The number of carbonyl (C=O) groups excluding carboxylic acids is 2. The lowest BCUT2D eigenvalue weighted by Crippen LogP contribution is -2.24. The highest BCUT2D eigenvalue weighted by Crippen LogP contribution is 2.16. The van der Waals surface area contributed by atoms with E-state index >= 15 is 0 Å². The number of para-hydroxylation sites is 1. The van der Waals surface area contributed by atoms with E-state index in [4.69, 9.17) is 4.74 Å². The van der Waals surface area contributed by atoms with E-state index < -0.39 is 12.1 Å². The van der Waals surface area contributed by atoms with Crippen LogP contribution in [-0.4, -0.2) is 22.8 Å². The number of aryl methyl sites for hydroxylation is 1. The number of carbonyl (C=O) groups is 2. The van der Waals surface area contributed by atoms with Gasteiger partial charge in [0.05, 0.1) is 0 Å². The summed E-state index contributed by atoms with van der Waals surface area (Å²) in [6.45, 7) is 3.54. The maximum atomic E-state index is 12.3. The van der Waals surface area contributed by atoms with E-state index in [1.807, 2.05) is 43.3 Å². The first kappa shape index (κ1) is 15.0. The van der Waals surface area contributed by atoms with Crippen LogP contribution >= 0.6 is 0 Å². The van der Waals surface area contributed by atoms with Gasteiger partial charge in [-0.3, -0.25) is 4.79 Å². The van der Waals surface area contributed by atoms with Gasteiger partial charge < -0.3 is 9.72 Å². The van der Waals surface area contributed by atoms with Crippen LogP contribution in [0.4, 0.5) is 0 Å². The molecule has 0 bridgehead atoms. The molecule has 4 heteroatoms. The fraction of sp³-hybridized carbons (Fsp3) is 0.158. The first-order valence-electron chi connectivity index (χ1n) is 7.44. The van der Waals surface area contributed by atoms with Gasteiger partial charge in [-0.1, -0.05) is 48.0 Å². The second-order valence-corrected chi connectivity index (χ2v) is 5.55. The molecule has 0 saturated heterocycles. The zero-order chi connectivity index (χ0) is 16.4. The van der Waals surface area contributed by atoms with E-state index in [1.54, 1.807) is 25.1 Å². The Morgan fingerprint density at radius 3 is 2.43 bits per heavy atom. The lowest BCUT2D eigenvalue weighted by atomic mass is 10.1. The molecule has 3 aromatic rings. The number of nitrogens with one attached hydrogen (secondary N) is 1. The van der Waals surface area contributed by atoms with Crippen molar-refractivity contribution in [2.75, 3.05) is 0 Å². The maximum Gasteiger partial charge on any atom is 0.355 e. The summed E-state index contributed by atoms with van der Waals surface area (Å²) < 4.78 is 5.29. The molecule has 1 atom stereocenters. The van der Waals surface area contributed by atoms with Gasteiger partial charge in [0.1, 0.15) is 5.69 Å². The third kappa shape index (κ3) is 3.16. The zero-order valence-corrected chi connectivity index (χ0v) is 13.0. The van der Waals surface area contributed by atoms with Gasteiger partial charge in [-0.2, -0.15) is 0 Å². The molecule has 0 fully saturated rings. The van der Waals surface area contributed by atoms with Crippen molar-refractivity contribution in [1.82, 2.24) is 4.98 Å². The minimum atomic E-state index is -0.836. The molecule has 0 spiro atoms. The van der Waals surface area contributed by atoms with Crippen molar-refractivity contribution < 1.29 is 14.3 Å². The minimum Gasteiger partial charge on any atom is -0.450 e. The van der Waals surface area contributed by atoms with E-state index in [1.165, 1.54) is 0 Å². The van der Waals surface area contributed by atoms with E-state index in [-0.39, 0.29) is 5.78 Å². The predicted molar refractivity (Wildman–Crippen MR) is 88.7 cm³/mol. The summed E-state index contributed by atoms with van der Waals surface area (Å²) in [5, 5.41) is 0.928. The summed E-state index contributed by atoms with van der Waals surface area (Å²) in [6, 6.07) is 16.5. The highest BCUT2D eigenvalue weighted by molar-refractivity contribution is 6.02. The predicted octanol–water partition coefficient (Wildman–Crippen LogP) is 3.90. The normalized spacial score (nSPS) is 12.1. The molecule has 23 heavy (non-hydrogen) atoms. The number of aromatic amines is 1. The monoisotopic (exact) mass is 307 g/mol. The number of esters is 1. The smallest absolute Gasteiger partial charge is 0.355 e. The van der Waals surface area contributed by atoms with Gasteiger partial charge in [-0.05, 0) is 26.0 Å². The second kappa shape index (κ2) is 6.08. The molecular formula is C19H17NO3. The molecule has 0 saturated carbocycles. The van der Waals surface area contributed by atoms with Crippen LogP contribution in [0.3, 0.4) is 0 Å². The van der Waals surface area contributed by atoms with E-state index in [0.717, 1.165) is 16.5 Å². The van der Waals surface area contributed by atoms with E-state index in [9.17, 15) is 9.59 Å². The van der Waals surface area contributed by atoms with Crippen LogP contribution in [0.15, 0.2) is 54.6 Å². The van der Waals surface area contributed by atoms with Crippen molar-refractivity contribution in [3.63, 3.8) is 0 Å². The number of benzene rings is 2. The molecule has 0 radical (unpaired) electrons. The Kier molecular flexibility index (Phi) is 3.98. The Labute approximate surface area is 134 Å². The molecular weight excluding hydrogens is 290 g/mol. The van der Waals surface area contributed by atoms with Gasteiger partial charge in [-0.25, -0.2) is 4.79 Å². The molecule has 0 aliphatic rings. The number of rotatable bonds is 4. The maximum absolute atomic E-state index is 12.3. The molecule has 1 aromatic heterocycles. The number of fused-ring (bicyclic) bond motifs is 1. The summed E-state index contributed by atoms with van der Waals surface area (Å²) in [5.41, 5.74) is 2.81. The third-order valence-electron chi connectivity index (χ3n) is 3.74. The van der Waals surface area contributed by atoms with Crippen molar-refractivity contribution in [2.24, 2.45) is 0 Å². The molecule has 0 amide bonds. The number of H-pyrrole nitrogens is 1. The number of ketones is 1. The molecule has 4 nitrogen and oxygen atoms in total. The van der Waals surface area contributed by atoms with E-state index in [2.05, 4.69) is 4.98 Å². The van der Waals surface area contributed by atoms with E-state index in [0.29, 0.717) is 11.3 Å². The largest absolute Gasteiger partial charge is 0.450 e. The van der Waals surface area contributed by atoms with Gasteiger partial charge >= 0.3 is 5.97 Å². The van der Waals surface area contributed by atoms with Crippen LogP contribution in [-0.2, 0) is 4.74 Å². The Morgan fingerprint density at radius 1 is 1.04 bits per heavy atom. The van der Waals surface area contributed by atoms with Crippen molar-refractivity contribution in [3.05, 3.63) is 71.4 Å². The molecule has 116 valence electrons. The standard InChI is InChI=1S/C19H17NO3/c1-12-7-9-14(10-8-12)18(21)13(2)23-19(22)17-11-15-5-3-4-6-16(15)20-17/h3-11,13,20H,1-2H3/t13-/m0/s1. The number of hydrogen-bond acceptors (Lipinski definition) is 3. The minimum absolute atomic E-state index is 0.213. The number of aromatic nitrogens is 1. The first-order chi connectivity index (χ1) is 11.0. The van der Waals surface area contributed by atoms with Crippen LogP contribution < -0.4 is 0 Å². The topological polar surface area (TPSA) is 59.2 Å².